The van der Waals surface area contributed by atoms with Gasteiger partial charge in [0.25, 0.3) is 0 Å². The fourth-order valence-corrected chi connectivity index (χ4v) is 2.70. The lowest BCUT2D eigenvalue weighted by Gasteiger charge is -2.20. The van der Waals surface area contributed by atoms with Crippen LogP contribution in [-0.4, -0.2) is 0 Å². The maximum Gasteiger partial charge on any atom is 0.416 e. The van der Waals surface area contributed by atoms with Crippen LogP contribution < -0.4 is 11.3 Å². The number of nitrogens with one attached hydrogen (secondary N) is 1. The first-order valence-electron chi connectivity index (χ1n) is 5.67. The van der Waals surface area contributed by atoms with E-state index in [2.05, 4.69) is 5.43 Å². The predicted molar refractivity (Wildman–Crippen MR) is 69.5 cm³/mol. The number of hydrogen-bond donors (Lipinski definition) is 2. The highest BCUT2D eigenvalue weighted by molar-refractivity contribution is 7.09. The molecule has 0 spiro atoms. The Morgan fingerprint density at radius 1 is 1.16 bits per heavy atom. The van der Waals surface area contributed by atoms with Crippen LogP contribution in [0.2, 0.25) is 0 Å². The normalized spacial score (nSPS) is 13.5. The Morgan fingerprint density at radius 3 is 2.47 bits per heavy atom. The predicted octanol–water partition coefficient (Wildman–Crippen LogP) is 3.51. The van der Waals surface area contributed by atoms with Crippen LogP contribution in [0, 0.1) is 0 Å². The first-order valence-corrected chi connectivity index (χ1v) is 6.55. The zero-order valence-corrected chi connectivity index (χ0v) is 10.8. The molecule has 19 heavy (non-hydrogen) atoms. The van der Waals surface area contributed by atoms with Crippen molar-refractivity contribution in [2.75, 3.05) is 0 Å². The summed E-state index contributed by atoms with van der Waals surface area (Å²) in [5, 5.41) is 1.89. The van der Waals surface area contributed by atoms with E-state index in [0.717, 1.165) is 10.9 Å². The van der Waals surface area contributed by atoms with Crippen molar-refractivity contribution in [1.29, 1.82) is 0 Å². The van der Waals surface area contributed by atoms with E-state index in [1.807, 2.05) is 17.5 Å². The quantitative estimate of drug-likeness (QED) is 0.666. The minimum atomic E-state index is -4.37. The molecule has 0 bridgehead atoms. The summed E-state index contributed by atoms with van der Waals surface area (Å²) in [5.41, 5.74) is 2.00. The Hall–Kier alpha value is -1.37. The maximum absolute atomic E-state index is 13.0. The molecule has 1 aromatic heterocycles. The number of nitrogens with two attached hydrogens (primary N) is 1. The van der Waals surface area contributed by atoms with Gasteiger partial charge in [-0.2, -0.15) is 13.2 Å². The van der Waals surface area contributed by atoms with E-state index < -0.39 is 17.8 Å². The van der Waals surface area contributed by atoms with Crippen LogP contribution >= 0.6 is 11.3 Å². The van der Waals surface area contributed by atoms with Crippen molar-refractivity contribution in [2.24, 2.45) is 5.84 Å². The van der Waals surface area contributed by atoms with Gasteiger partial charge in [0.15, 0.2) is 0 Å². The number of benzene rings is 1. The molecule has 0 saturated heterocycles. The van der Waals surface area contributed by atoms with Crippen molar-refractivity contribution in [2.45, 2.75) is 18.6 Å². The van der Waals surface area contributed by atoms with E-state index >= 15 is 0 Å². The molecule has 2 aromatic rings. The van der Waals surface area contributed by atoms with Gasteiger partial charge in [-0.25, -0.2) is 0 Å². The van der Waals surface area contributed by atoms with E-state index in [4.69, 9.17) is 5.84 Å². The van der Waals surface area contributed by atoms with Gasteiger partial charge in [-0.05, 0) is 23.1 Å². The molecule has 1 unspecified atom stereocenters. The van der Waals surface area contributed by atoms with Crippen LogP contribution in [0.25, 0.3) is 0 Å². The third-order valence-corrected chi connectivity index (χ3v) is 3.73. The third kappa shape index (κ3) is 3.34. The highest BCUT2D eigenvalue weighted by atomic mass is 32.1. The second-order valence-corrected chi connectivity index (χ2v) is 5.12. The number of thiophene rings is 1. The van der Waals surface area contributed by atoms with Crippen LogP contribution in [-0.2, 0) is 12.6 Å². The fourth-order valence-electron chi connectivity index (χ4n) is 1.95. The van der Waals surface area contributed by atoms with Crippen molar-refractivity contribution < 1.29 is 13.2 Å². The van der Waals surface area contributed by atoms with Gasteiger partial charge in [-0.3, -0.25) is 11.3 Å². The standard InChI is InChI=1S/C13H13F3N2S/c14-13(15,16)11-6-2-1-5-10(11)12(18-17)8-9-4-3-7-19-9/h1-7,12,18H,8,17H2. The van der Waals surface area contributed by atoms with E-state index in [1.54, 1.807) is 6.07 Å². The van der Waals surface area contributed by atoms with E-state index in [-0.39, 0.29) is 5.56 Å². The summed E-state index contributed by atoms with van der Waals surface area (Å²) in [6.07, 6.45) is -3.94. The van der Waals surface area contributed by atoms with Gasteiger partial charge in [0.1, 0.15) is 0 Å². The Balaban J connectivity index is 2.33. The molecule has 3 N–H and O–H groups in total. The van der Waals surface area contributed by atoms with Gasteiger partial charge in [0.05, 0.1) is 11.6 Å². The van der Waals surface area contributed by atoms with Gasteiger partial charge in [0.2, 0.25) is 0 Å². The molecule has 0 saturated carbocycles. The van der Waals surface area contributed by atoms with Gasteiger partial charge < -0.3 is 0 Å². The second kappa shape index (κ2) is 5.73. The first kappa shape index (κ1) is 14.0. The molecule has 0 radical (unpaired) electrons. The molecule has 1 aromatic carbocycles. The lowest BCUT2D eigenvalue weighted by atomic mass is 9.97. The van der Waals surface area contributed by atoms with Crippen LogP contribution in [0.4, 0.5) is 13.2 Å². The Kier molecular flexibility index (Phi) is 4.24. The van der Waals surface area contributed by atoms with Gasteiger partial charge >= 0.3 is 6.18 Å². The van der Waals surface area contributed by atoms with Crippen molar-refractivity contribution in [3.05, 3.63) is 57.8 Å². The highest BCUT2D eigenvalue weighted by Gasteiger charge is 2.34. The smallest absolute Gasteiger partial charge is 0.271 e. The van der Waals surface area contributed by atoms with Crippen molar-refractivity contribution in [3.8, 4) is 0 Å². The topological polar surface area (TPSA) is 38.0 Å². The number of rotatable bonds is 4. The van der Waals surface area contributed by atoms with Crippen molar-refractivity contribution in [3.63, 3.8) is 0 Å². The first-order chi connectivity index (χ1) is 9.02. The highest BCUT2D eigenvalue weighted by Crippen LogP contribution is 2.35. The molecular formula is C13H13F3N2S. The number of hydrogen-bond acceptors (Lipinski definition) is 3. The molecule has 102 valence electrons. The summed E-state index contributed by atoms with van der Waals surface area (Å²) in [6.45, 7) is 0. The Bertz CT molecular complexity index is 523. The second-order valence-electron chi connectivity index (χ2n) is 4.09. The van der Waals surface area contributed by atoms with E-state index in [0.29, 0.717) is 6.42 Å². The zero-order chi connectivity index (χ0) is 13.9. The molecule has 0 aliphatic carbocycles. The molecule has 0 aliphatic rings. The van der Waals surface area contributed by atoms with Crippen LogP contribution in [0.15, 0.2) is 41.8 Å². The minimum Gasteiger partial charge on any atom is -0.271 e. The molecular weight excluding hydrogens is 273 g/mol. The fraction of sp³-hybridized carbons (Fsp3) is 0.231. The minimum absolute atomic E-state index is 0.172. The van der Waals surface area contributed by atoms with E-state index in [1.165, 1.54) is 23.5 Å². The number of alkyl halides is 3. The summed E-state index contributed by atoms with van der Waals surface area (Å²) in [4.78, 5) is 0.986. The zero-order valence-electron chi connectivity index (χ0n) is 9.95. The summed E-state index contributed by atoms with van der Waals surface area (Å²) in [6, 6.07) is 8.69. The summed E-state index contributed by atoms with van der Waals surface area (Å²) < 4.78 is 38.9. The largest absolute Gasteiger partial charge is 0.416 e. The lowest BCUT2D eigenvalue weighted by molar-refractivity contribution is -0.138. The molecule has 2 rings (SSSR count). The molecule has 1 heterocycles. The van der Waals surface area contributed by atoms with Crippen LogP contribution in [0.5, 0.6) is 0 Å². The molecule has 6 heteroatoms. The van der Waals surface area contributed by atoms with Crippen molar-refractivity contribution >= 4 is 11.3 Å². The third-order valence-electron chi connectivity index (χ3n) is 2.83. The average molecular weight is 286 g/mol. The number of halogens is 3. The monoisotopic (exact) mass is 286 g/mol. The molecule has 1 atom stereocenters. The molecule has 2 nitrogen and oxygen atoms in total. The van der Waals surface area contributed by atoms with Crippen LogP contribution in [0.1, 0.15) is 22.0 Å². The Morgan fingerprint density at radius 2 is 1.89 bits per heavy atom. The molecule has 0 amide bonds. The number of hydrazine groups is 1. The summed E-state index contributed by atoms with van der Waals surface area (Å²) in [7, 11) is 0. The summed E-state index contributed by atoms with van der Waals surface area (Å²) in [5.74, 6) is 5.42. The van der Waals surface area contributed by atoms with E-state index in [9.17, 15) is 13.2 Å². The van der Waals surface area contributed by atoms with Crippen molar-refractivity contribution in [1.82, 2.24) is 5.43 Å². The van der Waals surface area contributed by atoms with Gasteiger partial charge in [-0.15, -0.1) is 11.3 Å². The average Bonchev–Trinajstić information content (AvgIpc) is 2.88. The van der Waals surface area contributed by atoms with Crippen LogP contribution in [0.3, 0.4) is 0 Å². The maximum atomic E-state index is 13.0. The molecule has 0 aliphatic heterocycles. The molecule has 0 fully saturated rings. The summed E-state index contributed by atoms with van der Waals surface area (Å²) >= 11 is 1.50. The lowest BCUT2D eigenvalue weighted by Crippen LogP contribution is -2.31. The van der Waals surface area contributed by atoms with Gasteiger partial charge in [-0.1, -0.05) is 24.3 Å². The SMILES string of the molecule is NNC(Cc1cccs1)c1ccccc1C(F)(F)F. The Labute approximate surface area is 113 Å². The van der Waals surface area contributed by atoms with Gasteiger partial charge in [0, 0.05) is 11.3 Å².